The molecule has 0 atom stereocenters. The number of nitrogens with zero attached hydrogens (tertiary/aromatic N) is 1. The molecule has 1 heterocycles. The topological polar surface area (TPSA) is 12.4 Å². The van der Waals surface area contributed by atoms with E-state index >= 15 is 0 Å². The zero-order chi connectivity index (χ0) is 6.69. The lowest BCUT2D eigenvalue weighted by Crippen LogP contribution is -1.95. The average Bonchev–Trinajstić information content (AvgIpc) is 1.90. The number of aliphatic imine (C=N–C) groups is 1. The molecule has 1 rings (SSSR count). The highest BCUT2D eigenvalue weighted by atomic mass is 127. The smallest absolute Gasteiger partial charge is 0.0597 e. The molecular formula is C7H10IN. The lowest BCUT2D eigenvalue weighted by atomic mass is 10.1. The Bertz CT molecular complexity index is 177. The number of halogens is 1. The van der Waals surface area contributed by atoms with E-state index in [2.05, 4.69) is 22.9 Å². The van der Waals surface area contributed by atoms with Gasteiger partial charge in [0.2, 0.25) is 0 Å². The summed E-state index contributed by atoms with van der Waals surface area (Å²) in [5.74, 6) is 0.655. The second kappa shape index (κ2) is 3.25. The summed E-state index contributed by atoms with van der Waals surface area (Å²) in [7, 11) is 0. The number of hydrogen-bond acceptors (Lipinski definition) is 1. The molecule has 9 heavy (non-hydrogen) atoms. The van der Waals surface area contributed by atoms with E-state index < -0.39 is 0 Å². The molecule has 1 aliphatic rings. The van der Waals surface area contributed by atoms with Crippen LogP contribution in [0.25, 0.3) is 0 Å². The van der Waals surface area contributed by atoms with Crippen LogP contribution in [0, 0.1) is 5.92 Å². The summed E-state index contributed by atoms with van der Waals surface area (Å²) in [6.07, 6.45) is 1.97. The van der Waals surface area contributed by atoms with Crippen LogP contribution in [-0.4, -0.2) is 10.4 Å². The predicted molar refractivity (Wildman–Crippen MR) is 51.5 cm³/mol. The summed E-state index contributed by atoms with van der Waals surface area (Å²) >= 11 is 0.156. The van der Waals surface area contributed by atoms with Crippen molar-refractivity contribution in [2.24, 2.45) is 10.9 Å². The van der Waals surface area contributed by atoms with Crippen LogP contribution in [0.5, 0.6) is 0 Å². The third-order valence-electron chi connectivity index (χ3n) is 1.19. The van der Waals surface area contributed by atoms with Gasteiger partial charge < -0.3 is 0 Å². The Kier molecular flexibility index (Phi) is 2.57. The van der Waals surface area contributed by atoms with Gasteiger partial charge in [-0.3, -0.25) is 4.99 Å². The van der Waals surface area contributed by atoms with Crippen LogP contribution >= 0.6 is 20.7 Å². The standard InChI is InChI=1S/C7H10IN/c1-6(2)7-3-8-5-9-4-7/h3-6H,1-2H3. The van der Waals surface area contributed by atoms with Gasteiger partial charge in [-0.15, -0.1) is 0 Å². The second-order valence-corrected chi connectivity index (χ2v) is 4.16. The van der Waals surface area contributed by atoms with Gasteiger partial charge in [-0.2, -0.15) is 0 Å². The maximum absolute atomic E-state index is 4.11. The minimum Gasteiger partial charge on any atom is -0.258 e. The van der Waals surface area contributed by atoms with Crippen LogP contribution in [0.1, 0.15) is 13.8 Å². The van der Waals surface area contributed by atoms with Crippen molar-refractivity contribution in [3.8, 4) is 0 Å². The van der Waals surface area contributed by atoms with Crippen LogP contribution in [0.4, 0.5) is 0 Å². The zero-order valence-corrected chi connectivity index (χ0v) is 7.79. The van der Waals surface area contributed by atoms with Gasteiger partial charge in [-0.25, -0.2) is 0 Å². The van der Waals surface area contributed by atoms with Crippen molar-refractivity contribution in [3.05, 3.63) is 9.66 Å². The third kappa shape index (κ3) is 2.01. The normalized spacial score (nSPS) is 17.4. The van der Waals surface area contributed by atoms with E-state index in [4.69, 9.17) is 0 Å². The lowest BCUT2D eigenvalue weighted by molar-refractivity contribution is 0.810. The summed E-state index contributed by atoms with van der Waals surface area (Å²) in [5.41, 5.74) is 1.41. The van der Waals surface area contributed by atoms with Gasteiger partial charge in [0.1, 0.15) is 0 Å². The van der Waals surface area contributed by atoms with Gasteiger partial charge in [0.05, 0.1) is 4.14 Å². The Labute approximate surface area is 65.6 Å². The predicted octanol–water partition coefficient (Wildman–Crippen LogP) is 2.34. The molecule has 0 N–H and O–H groups in total. The molecule has 0 aliphatic carbocycles. The van der Waals surface area contributed by atoms with E-state index in [1.165, 1.54) is 5.57 Å². The number of rotatable bonds is 1. The molecule has 0 unspecified atom stereocenters. The molecule has 1 nitrogen and oxygen atoms in total. The first kappa shape index (κ1) is 7.12. The first-order valence-corrected chi connectivity index (χ1v) is 5.46. The molecule has 0 amide bonds. The fourth-order valence-electron chi connectivity index (χ4n) is 0.551. The maximum atomic E-state index is 4.11. The minimum absolute atomic E-state index is 0.156. The molecule has 0 saturated carbocycles. The molecule has 0 saturated heterocycles. The highest BCUT2D eigenvalue weighted by Crippen LogP contribution is 2.14. The van der Waals surface area contributed by atoms with Gasteiger partial charge in [0, 0.05) is 6.21 Å². The van der Waals surface area contributed by atoms with Gasteiger partial charge in [0.15, 0.2) is 0 Å². The van der Waals surface area contributed by atoms with Crippen molar-refractivity contribution in [1.82, 2.24) is 0 Å². The van der Waals surface area contributed by atoms with Crippen LogP contribution in [0.2, 0.25) is 0 Å². The fourth-order valence-corrected chi connectivity index (χ4v) is 2.35. The highest BCUT2D eigenvalue weighted by molar-refractivity contribution is 14.2. The van der Waals surface area contributed by atoms with Gasteiger partial charge in [0.25, 0.3) is 0 Å². The Hall–Kier alpha value is 0.01000. The molecule has 50 valence electrons. The molecule has 0 radical (unpaired) electrons. The quantitative estimate of drug-likeness (QED) is 0.618. The average molecular weight is 235 g/mol. The summed E-state index contributed by atoms with van der Waals surface area (Å²) in [5, 5.41) is 0. The highest BCUT2D eigenvalue weighted by Gasteiger charge is 1.98. The Morgan fingerprint density at radius 2 is 2.33 bits per heavy atom. The molecular weight excluding hydrogens is 225 g/mol. The van der Waals surface area contributed by atoms with Gasteiger partial charge >= 0.3 is 0 Å². The summed E-state index contributed by atoms with van der Waals surface area (Å²) < 4.78 is 4.36. The monoisotopic (exact) mass is 235 g/mol. The van der Waals surface area contributed by atoms with Crippen molar-refractivity contribution in [1.29, 1.82) is 0 Å². The SMILES string of the molecule is CC(C)C1=CI=CN=C1. The Balaban J connectivity index is 2.72. The largest absolute Gasteiger partial charge is 0.258 e. The summed E-state index contributed by atoms with van der Waals surface area (Å²) in [6.45, 7) is 4.40. The molecule has 0 bridgehead atoms. The number of hydrogen-bond donors (Lipinski definition) is 0. The summed E-state index contributed by atoms with van der Waals surface area (Å²) in [6, 6.07) is 0. The molecule has 0 aromatic rings. The van der Waals surface area contributed by atoms with E-state index in [0.717, 1.165) is 0 Å². The van der Waals surface area contributed by atoms with Crippen molar-refractivity contribution in [2.75, 3.05) is 0 Å². The number of allylic oxidation sites excluding steroid dienone is 1. The van der Waals surface area contributed by atoms with Crippen molar-refractivity contribution >= 4 is 31.1 Å². The van der Waals surface area contributed by atoms with Gasteiger partial charge in [-0.05, 0) is 15.6 Å². The van der Waals surface area contributed by atoms with Crippen molar-refractivity contribution in [2.45, 2.75) is 13.8 Å². The molecule has 0 fully saturated rings. The molecule has 0 aromatic carbocycles. The second-order valence-electron chi connectivity index (χ2n) is 2.27. The van der Waals surface area contributed by atoms with E-state index in [0.29, 0.717) is 5.92 Å². The maximum Gasteiger partial charge on any atom is 0.0597 e. The van der Waals surface area contributed by atoms with Crippen LogP contribution in [0.15, 0.2) is 14.6 Å². The third-order valence-corrected chi connectivity index (χ3v) is 2.91. The van der Waals surface area contributed by atoms with Crippen LogP contribution < -0.4 is 0 Å². The molecule has 0 spiro atoms. The zero-order valence-electron chi connectivity index (χ0n) is 5.63. The lowest BCUT2D eigenvalue weighted by Gasteiger charge is -2.04. The van der Waals surface area contributed by atoms with E-state index in [-0.39, 0.29) is 20.7 Å². The first-order valence-electron chi connectivity index (χ1n) is 2.97. The van der Waals surface area contributed by atoms with Crippen molar-refractivity contribution < 1.29 is 0 Å². The molecule has 1 aliphatic heterocycles. The molecule has 2 heteroatoms. The van der Waals surface area contributed by atoms with Crippen LogP contribution in [0.3, 0.4) is 0 Å². The van der Waals surface area contributed by atoms with Crippen LogP contribution in [-0.2, 0) is 0 Å². The van der Waals surface area contributed by atoms with E-state index in [1.807, 2.05) is 10.4 Å². The summed E-state index contributed by atoms with van der Waals surface area (Å²) in [4.78, 5) is 4.11. The first-order chi connectivity index (χ1) is 4.30. The van der Waals surface area contributed by atoms with Gasteiger partial charge in [-0.1, -0.05) is 34.6 Å². The Morgan fingerprint density at radius 3 is 2.67 bits per heavy atom. The van der Waals surface area contributed by atoms with E-state index in [1.54, 1.807) is 0 Å². The molecule has 0 aromatic heterocycles. The van der Waals surface area contributed by atoms with Crippen molar-refractivity contribution in [3.63, 3.8) is 0 Å². The Morgan fingerprint density at radius 1 is 1.56 bits per heavy atom. The minimum atomic E-state index is 0.156. The fraction of sp³-hybridized carbons (Fsp3) is 0.429. The van der Waals surface area contributed by atoms with E-state index in [9.17, 15) is 0 Å².